The minimum atomic E-state index is -0.534. The molecule has 0 spiro atoms. The lowest BCUT2D eigenvalue weighted by Gasteiger charge is -2.31. The Morgan fingerprint density at radius 2 is 1.81 bits per heavy atom. The second-order valence-electron chi connectivity index (χ2n) is 6.92. The second-order valence-corrected chi connectivity index (χ2v) is 7.91. The molecule has 0 saturated heterocycles. The van der Waals surface area contributed by atoms with Crippen molar-refractivity contribution in [1.82, 2.24) is 10.6 Å². The third kappa shape index (κ3) is 7.72. The zero-order valence-corrected chi connectivity index (χ0v) is 17.6. The van der Waals surface area contributed by atoms with Gasteiger partial charge in [0.05, 0.1) is 0 Å². The zero-order chi connectivity index (χ0) is 18.8. The van der Waals surface area contributed by atoms with Crippen LogP contribution in [0.25, 0.3) is 0 Å². The highest BCUT2D eigenvalue weighted by Gasteiger charge is 2.28. The largest absolute Gasteiger partial charge is 0.350 e. The summed E-state index contributed by atoms with van der Waals surface area (Å²) in [6, 6.07) is 8.47. The average Bonchev–Trinajstić information content (AvgIpc) is 2.70. The number of carbonyl (C=O) groups is 2. The van der Waals surface area contributed by atoms with Crippen LogP contribution in [0.4, 0.5) is 0 Å². The number of nitrogens with two attached hydrogens (primary N) is 1. The van der Waals surface area contributed by atoms with E-state index in [-0.39, 0.29) is 30.3 Å². The summed E-state index contributed by atoms with van der Waals surface area (Å²) in [4.78, 5) is 25.3. The average molecular weight is 414 g/mol. The Morgan fingerprint density at radius 3 is 2.41 bits per heavy atom. The summed E-state index contributed by atoms with van der Waals surface area (Å²) < 4.78 is 0. The lowest BCUT2D eigenvalue weighted by molar-refractivity contribution is -0.124. The van der Waals surface area contributed by atoms with Crippen molar-refractivity contribution in [2.75, 3.05) is 18.6 Å². The molecule has 0 aliphatic heterocycles. The number of halogens is 1. The minimum Gasteiger partial charge on any atom is -0.350 e. The second kappa shape index (κ2) is 13.0. The van der Waals surface area contributed by atoms with Crippen molar-refractivity contribution in [3.63, 3.8) is 0 Å². The Kier molecular flexibility index (Phi) is 11.5. The molecule has 1 aliphatic rings. The number of carbonyl (C=O) groups excluding carboxylic acids is 2. The van der Waals surface area contributed by atoms with Crippen LogP contribution >= 0.6 is 24.2 Å². The lowest BCUT2D eigenvalue weighted by atomic mass is 9.84. The number of thioether (sulfide) groups is 1. The summed E-state index contributed by atoms with van der Waals surface area (Å²) in [6.07, 6.45) is 8.52. The van der Waals surface area contributed by atoms with Crippen molar-refractivity contribution in [2.24, 2.45) is 11.7 Å². The van der Waals surface area contributed by atoms with Gasteiger partial charge in [-0.15, -0.1) is 12.4 Å². The van der Waals surface area contributed by atoms with E-state index in [1.165, 1.54) is 19.3 Å². The molecule has 0 bridgehead atoms. The number of nitrogens with one attached hydrogen (secondary N) is 2. The van der Waals surface area contributed by atoms with E-state index in [1.54, 1.807) is 23.9 Å². The van der Waals surface area contributed by atoms with E-state index >= 15 is 0 Å². The molecule has 2 unspecified atom stereocenters. The first kappa shape index (κ1) is 23.8. The first-order valence-electron chi connectivity index (χ1n) is 9.51. The predicted octanol–water partition coefficient (Wildman–Crippen LogP) is 2.98. The highest BCUT2D eigenvalue weighted by atomic mass is 35.5. The summed E-state index contributed by atoms with van der Waals surface area (Å²) in [5.74, 6) is 0.922. The molecule has 4 N–H and O–H groups in total. The fourth-order valence-corrected chi connectivity index (χ4v) is 4.00. The smallest absolute Gasteiger partial charge is 0.251 e. The molecule has 7 heteroatoms. The van der Waals surface area contributed by atoms with Crippen molar-refractivity contribution >= 4 is 36.0 Å². The maximum absolute atomic E-state index is 12.8. The molecule has 0 heterocycles. The SMILES string of the molecule is CSCCC(NC(=O)c1ccccc1)C(=O)NC(CN)C1CCCCC1.Cl. The highest BCUT2D eigenvalue weighted by molar-refractivity contribution is 7.98. The van der Waals surface area contributed by atoms with E-state index in [2.05, 4.69) is 10.6 Å². The topological polar surface area (TPSA) is 84.2 Å². The first-order chi connectivity index (χ1) is 12.7. The quantitative estimate of drug-likeness (QED) is 0.581. The third-order valence-corrected chi connectivity index (χ3v) is 5.71. The fraction of sp³-hybridized carbons (Fsp3) is 0.600. The molecule has 1 aromatic carbocycles. The number of benzene rings is 1. The molecular formula is C20H32ClN3O2S. The Morgan fingerprint density at radius 1 is 1.15 bits per heavy atom. The summed E-state index contributed by atoms with van der Waals surface area (Å²) in [5, 5.41) is 6.01. The van der Waals surface area contributed by atoms with Crippen molar-refractivity contribution in [2.45, 2.75) is 50.6 Å². The van der Waals surface area contributed by atoms with Crippen molar-refractivity contribution in [3.05, 3.63) is 35.9 Å². The summed E-state index contributed by atoms with van der Waals surface area (Å²) in [5.41, 5.74) is 6.51. The lowest BCUT2D eigenvalue weighted by Crippen LogP contribution is -2.53. The molecule has 152 valence electrons. The van der Waals surface area contributed by atoms with Gasteiger partial charge in [0.1, 0.15) is 6.04 Å². The number of amides is 2. The van der Waals surface area contributed by atoms with Crippen LogP contribution in [0, 0.1) is 5.92 Å². The van der Waals surface area contributed by atoms with Gasteiger partial charge in [-0.3, -0.25) is 9.59 Å². The molecular weight excluding hydrogens is 382 g/mol. The minimum absolute atomic E-state index is 0. The van der Waals surface area contributed by atoms with Crippen LogP contribution in [-0.4, -0.2) is 42.5 Å². The molecule has 27 heavy (non-hydrogen) atoms. The molecule has 1 aliphatic carbocycles. The summed E-state index contributed by atoms with van der Waals surface area (Å²) in [7, 11) is 0. The molecule has 0 aromatic heterocycles. The van der Waals surface area contributed by atoms with Crippen molar-refractivity contribution in [1.29, 1.82) is 0 Å². The number of hydrogen-bond donors (Lipinski definition) is 3. The van der Waals surface area contributed by atoms with E-state index in [1.807, 2.05) is 24.5 Å². The summed E-state index contributed by atoms with van der Waals surface area (Å²) in [6.45, 7) is 0.443. The fourth-order valence-electron chi connectivity index (χ4n) is 3.52. The standard InChI is InChI=1S/C20H31N3O2S.ClH/c1-26-13-12-17(22-19(24)16-10-6-3-7-11-16)20(25)23-18(14-21)15-8-4-2-5-9-15;/h3,6-7,10-11,15,17-18H,2,4-5,8-9,12-14,21H2,1H3,(H,22,24)(H,23,25);1H. The van der Waals surface area contributed by atoms with E-state index in [0.29, 0.717) is 24.4 Å². The van der Waals surface area contributed by atoms with E-state index in [9.17, 15) is 9.59 Å². The molecule has 2 atom stereocenters. The number of hydrogen-bond acceptors (Lipinski definition) is 4. The molecule has 0 radical (unpaired) electrons. The van der Waals surface area contributed by atoms with Gasteiger partial charge in [0, 0.05) is 18.2 Å². The van der Waals surface area contributed by atoms with Gasteiger partial charge in [0.15, 0.2) is 0 Å². The van der Waals surface area contributed by atoms with Gasteiger partial charge in [-0.25, -0.2) is 0 Å². The maximum atomic E-state index is 12.8. The van der Waals surface area contributed by atoms with Crippen LogP contribution in [0.15, 0.2) is 30.3 Å². The maximum Gasteiger partial charge on any atom is 0.251 e. The molecule has 5 nitrogen and oxygen atoms in total. The Balaban J connectivity index is 0.00000364. The Labute approximate surface area is 173 Å². The van der Waals surface area contributed by atoms with Gasteiger partial charge in [-0.2, -0.15) is 11.8 Å². The van der Waals surface area contributed by atoms with Gasteiger partial charge in [0.2, 0.25) is 5.91 Å². The summed E-state index contributed by atoms with van der Waals surface area (Å²) >= 11 is 1.67. The predicted molar refractivity (Wildman–Crippen MR) is 116 cm³/mol. The van der Waals surface area contributed by atoms with Crippen molar-refractivity contribution < 1.29 is 9.59 Å². The highest BCUT2D eigenvalue weighted by Crippen LogP contribution is 2.26. The van der Waals surface area contributed by atoms with Gasteiger partial charge < -0.3 is 16.4 Å². The van der Waals surface area contributed by atoms with Crippen LogP contribution in [-0.2, 0) is 4.79 Å². The van der Waals surface area contributed by atoms with E-state index in [0.717, 1.165) is 18.6 Å². The molecule has 1 fully saturated rings. The van der Waals surface area contributed by atoms with Gasteiger partial charge >= 0.3 is 0 Å². The third-order valence-electron chi connectivity index (χ3n) is 5.07. The Hall–Kier alpha value is -1.24. The van der Waals surface area contributed by atoms with E-state index in [4.69, 9.17) is 5.73 Å². The first-order valence-corrected chi connectivity index (χ1v) is 10.9. The molecule has 1 aromatic rings. The van der Waals surface area contributed by atoms with Gasteiger partial charge in [0.25, 0.3) is 5.91 Å². The van der Waals surface area contributed by atoms with Crippen molar-refractivity contribution in [3.8, 4) is 0 Å². The molecule has 2 amide bonds. The monoisotopic (exact) mass is 413 g/mol. The Bertz CT molecular complexity index is 568. The van der Waals surface area contributed by atoms with Crippen LogP contribution in [0.3, 0.4) is 0 Å². The van der Waals surface area contributed by atoms with Gasteiger partial charge in [-0.1, -0.05) is 37.5 Å². The van der Waals surface area contributed by atoms with Crippen LogP contribution in [0.2, 0.25) is 0 Å². The van der Waals surface area contributed by atoms with E-state index < -0.39 is 6.04 Å². The number of rotatable bonds is 9. The normalized spacial score (nSPS) is 16.7. The zero-order valence-electron chi connectivity index (χ0n) is 16.0. The van der Waals surface area contributed by atoms with Crippen LogP contribution in [0.1, 0.15) is 48.9 Å². The van der Waals surface area contributed by atoms with Crippen LogP contribution in [0.5, 0.6) is 0 Å². The van der Waals surface area contributed by atoms with Gasteiger partial charge in [-0.05, 0) is 49.3 Å². The van der Waals surface area contributed by atoms with Crippen LogP contribution < -0.4 is 16.4 Å². The molecule has 2 rings (SSSR count). The molecule has 1 saturated carbocycles.